The first-order valence-electron chi connectivity index (χ1n) is 7.35. The largest absolute Gasteiger partial charge is 0.336 e. The summed E-state index contributed by atoms with van der Waals surface area (Å²) in [5.41, 5.74) is 0.693. The van der Waals surface area contributed by atoms with Gasteiger partial charge in [-0.2, -0.15) is 0 Å². The van der Waals surface area contributed by atoms with E-state index in [0.717, 1.165) is 30.7 Å². The van der Waals surface area contributed by atoms with Crippen LogP contribution in [0.25, 0.3) is 0 Å². The summed E-state index contributed by atoms with van der Waals surface area (Å²) in [6, 6.07) is 5.58. The molecule has 116 valence electrons. The average Bonchev–Trinajstić information content (AvgIpc) is 2.48. The Morgan fingerprint density at radius 3 is 3.05 bits per heavy atom. The highest BCUT2D eigenvalue weighted by molar-refractivity contribution is 8.04. The first-order valence-corrected chi connectivity index (χ1v) is 8.55. The lowest BCUT2D eigenvalue weighted by molar-refractivity contribution is -0.129. The number of piperidine rings is 1. The monoisotopic (exact) mass is 336 g/mol. The number of nitrogens with zero attached hydrogens (tertiary/aromatic N) is 1. The number of fused-ring (bicyclic) bond motifs is 1. The van der Waals surface area contributed by atoms with Crippen molar-refractivity contribution in [2.45, 2.75) is 37.1 Å². The van der Waals surface area contributed by atoms with Gasteiger partial charge in [-0.25, -0.2) is 0 Å². The molecule has 2 heterocycles. The third kappa shape index (κ3) is 3.15. The van der Waals surface area contributed by atoms with Crippen molar-refractivity contribution in [1.29, 1.82) is 0 Å². The molecule has 1 aromatic rings. The number of benzene rings is 1. The fraction of sp³-hybridized carbons (Fsp3) is 0.375. The Hall–Kier alpha value is -1.46. The van der Waals surface area contributed by atoms with E-state index < -0.39 is 0 Å². The SMILES string of the molecule is C[C@H]1CCCCN1C(=O)/C=C1\Sc2ccc(Cl)cc2NC1=O. The van der Waals surface area contributed by atoms with Crippen LogP contribution in [0.4, 0.5) is 5.69 Å². The molecular weight excluding hydrogens is 320 g/mol. The van der Waals surface area contributed by atoms with Gasteiger partial charge in [-0.3, -0.25) is 9.59 Å². The molecule has 1 N–H and O–H groups in total. The third-order valence-electron chi connectivity index (χ3n) is 3.97. The lowest BCUT2D eigenvalue weighted by Crippen LogP contribution is -2.41. The van der Waals surface area contributed by atoms with E-state index in [0.29, 0.717) is 15.6 Å². The summed E-state index contributed by atoms with van der Waals surface area (Å²) in [7, 11) is 0. The summed E-state index contributed by atoms with van der Waals surface area (Å²) in [6.45, 7) is 2.82. The van der Waals surface area contributed by atoms with Crippen LogP contribution in [0.15, 0.2) is 34.1 Å². The number of hydrogen-bond acceptors (Lipinski definition) is 3. The Balaban J connectivity index is 1.81. The zero-order valence-corrected chi connectivity index (χ0v) is 13.8. The van der Waals surface area contributed by atoms with Crippen molar-refractivity contribution in [3.05, 3.63) is 34.2 Å². The number of carbonyl (C=O) groups is 2. The maximum absolute atomic E-state index is 12.4. The van der Waals surface area contributed by atoms with Crippen molar-refractivity contribution >= 4 is 40.9 Å². The van der Waals surface area contributed by atoms with Gasteiger partial charge in [0.25, 0.3) is 5.91 Å². The number of hydrogen-bond donors (Lipinski definition) is 1. The highest BCUT2D eigenvalue weighted by atomic mass is 35.5. The quantitative estimate of drug-likeness (QED) is 0.796. The lowest BCUT2D eigenvalue weighted by atomic mass is 10.0. The third-order valence-corrected chi connectivity index (χ3v) is 5.31. The molecule has 4 nitrogen and oxygen atoms in total. The average molecular weight is 337 g/mol. The molecule has 2 amide bonds. The summed E-state index contributed by atoms with van der Waals surface area (Å²) < 4.78 is 0. The number of anilines is 1. The molecule has 6 heteroatoms. The van der Waals surface area contributed by atoms with E-state index in [1.165, 1.54) is 17.8 Å². The fourth-order valence-corrected chi connectivity index (χ4v) is 3.82. The lowest BCUT2D eigenvalue weighted by Gasteiger charge is -2.32. The first-order chi connectivity index (χ1) is 10.5. The first kappa shape index (κ1) is 15.4. The van der Waals surface area contributed by atoms with E-state index in [-0.39, 0.29) is 17.9 Å². The number of halogens is 1. The number of rotatable bonds is 1. The summed E-state index contributed by atoms with van der Waals surface area (Å²) in [5.74, 6) is -0.333. The molecule has 1 aromatic carbocycles. The van der Waals surface area contributed by atoms with Crippen LogP contribution in [0.1, 0.15) is 26.2 Å². The van der Waals surface area contributed by atoms with Crippen LogP contribution in [0.2, 0.25) is 5.02 Å². The molecule has 1 fully saturated rings. The second-order valence-corrected chi connectivity index (χ2v) is 7.10. The van der Waals surface area contributed by atoms with Crippen molar-refractivity contribution in [1.82, 2.24) is 4.90 Å². The highest BCUT2D eigenvalue weighted by Crippen LogP contribution is 2.39. The van der Waals surface area contributed by atoms with E-state index in [1.807, 2.05) is 11.0 Å². The predicted molar refractivity (Wildman–Crippen MR) is 89.0 cm³/mol. The van der Waals surface area contributed by atoms with Gasteiger partial charge in [-0.15, -0.1) is 0 Å². The van der Waals surface area contributed by atoms with Crippen molar-refractivity contribution in [2.24, 2.45) is 0 Å². The molecule has 3 rings (SSSR count). The van der Waals surface area contributed by atoms with Crippen LogP contribution in [0.3, 0.4) is 0 Å². The predicted octanol–water partition coefficient (Wildman–Crippen LogP) is 3.67. The van der Waals surface area contributed by atoms with Crippen molar-refractivity contribution < 1.29 is 9.59 Å². The van der Waals surface area contributed by atoms with Gasteiger partial charge in [0.2, 0.25) is 5.91 Å². The summed E-state index contributed by atoms with van der Waals surface area (Å²) in [5, 5.41) is 3.36. The zero-order chi connectivity index (χ0) is 15.7. The van der Waals surface area contributed by atoms with Gasteiger partial charge in [0.1, 0.15) is 0 Å². The molecule has 22 heavy (non-hydrogen) atoms. The molecule has 0 radical (unpaired) electrons. The molecule has 1 saturated heterocycles. The van der Waals surface area contributed by atoms with Gasteiger partial charge in [0, 0.05) is 28.6 Å². The van der Waals surface area contributed by atoms with E-state index in [4.69, 9.17) is 11.6 Å². The van der Waals surface area contributed by atoms with Gasteiger partial charge in [0.05, 0.1) is 10.6 Å². The van der Waals surface area contributed by atoms with Crippen LogP contribution >= 0.6 is 23.4 Å². The van der Waals surface area contributed by atoms with Crippen LogP contribution in [-0.2, 0) is 9.59 Å². The molecule has 0 aromatic heterocycles. The van der Waals surface area contributed by atoms with Gasteiger partial charge in [0.15, 0.2) is 0 Å². The highest BCUT2D eigenvalue weighted by Gasteiger charge is 2.26. The van der Waals surface area contributed by atoms with Crippen LogP contribution < -0.4 is 5.32 Å². The summed E-state index contributed by atoms with van der Waals surface area (Å²) in [4.78, 5) is 27.8. The minimum absolute atomic E-state index is 0.0812. The molecule has 1 atom stereocenters. The Kier molecular flexibility index (Phi) is 4.45. The Labute approximate surface area is 138 Å². The molecule has 2 aliphatic heterocycles. The number of nitrogens with one attached hydrogen (secondary N) is 1. The molecule has 0 saturated carbocycles. The topological polar surface area (TPSA) is 49.4 Å². The van der Waals surface area contributed by atoms with Gasteiger partial charge < -0.3 is 10.2 Å². The molecule has 0 aliphatic carbocycles. The maximum Gasteiger partial charge on any atom is 0.262 e. The number of likely N-dealkylation sites (tertiary alicyclic amines) is 1. The molecule has 0 unspecified atom stereocenters. The second kappa shape index (κ2) is 6.34. The fourth-order valence-electron chi connectivity index (χ4n) is 2.75. The number of carbonyl (C=O) groups excluding carboxylic acids is 2. The Bertz CT molecular complexity index is 660. The van der Waals surface area contributed by atoms with E-state index in [1.54, 1.807) is 12.1 Å². The Morgan fingerprint density at radius 1 is 1.45 bits per heavy atom. The van der Waals surface area contributed by atoms with E-state index in [2.05, 4.69) is 12.2 Å². The second-order valence-electron chi connectivity index (χ2n) is 5.58. The number of amides is 2. The van der Waals surface area contributed by atoms with Crippen LogP contribution in [0.5, 0.6) is 0 Å². The van der Waals surface area contributed by atoms with E-state index in [9.17, 15) is 9.59 Å². The van der Waals surface area contributed by atoms with Gasteiger partial charge in [-0.05, 0) is 44.4 Å². The molecule has 2 aliphatic rings. The minimum atomic E-state index is -0.252. The minimum Gasteiger partial charge on any atom is -0.336 e. The van der Waals surface area contributed by atoms with Crippen LogP contribution in [-0.4, -0.2) is 29.3 Å². The van der Waals surface area contributed by atoms with Crippen molar-refractivity contribution in [3.8, 4) is 0 Å². The molecule has 0 bridgehead atoms. The maximum atomic E-state index is 12.4. The normalized spacial score (nSPS) is 23.2. The number of thioether (sulfide) groups is 1. The van der Waals surface area contributed by atoms with Gasteiger partial charge in [-0.1, -0.05) is 23.4 Å². The summed E-state index contributed by atoms with van der Waals surface area (Å²) in [6.07, 6.45) is 4.67. The molecular formula is C16H17ClN2O2S. The smallest absolute Gasteiger partial charge is 0.262 e. The van der Waals surface area contributed by atoms with Gasteiger partial charge >= 0.3 is 0 Å². The Morgan fingerprint density at radius 2 is 2.27 bits per heavy atom. The van der Waals surface area contributed by atoms with Crippen molar-refractivity contribution in [3.63, 3.8) is 0 Å². The standard InChI is InChI=1S/C16H17ClN2O2S/c1-10-4-2-3-7-19(10)15(20)9-14-16(21)18-12-8-11(17)5-6-13(12)22-14/h5-6,8-10H,2-4,7H2,1H3,(H,18,21)/b14-9-/t10-/m0/s1. The van der Waals surface area contributed by atoms with Crippen molar-refractivity contribution in [2.75, 3.05) is 11.9 Å². The van der Waals surface area contributed by atoms with E-state index >= 15 is 0 Å². The van der Waals surface area contributed by atoms with Crippen LogP contribution in [0, 0.1) is 0 Å². The molecule has 0 spiro atoms. The zero-order valence-electron chi connectivity index (χ0n) is 12.3. The summed E-state index contributed by atoms with van der Waals surface area (Å²) >= 11 is 7.24.